The van der Waals surface area contributed by atoms with Gasteiger partial charge < -0.3 is 10.1 Å². The molecule has 0 atom stereocenters. The lowest BCUT2D eigenvalue weighted by Gasteiger charge is -2.33. The second-order valence-electron chi connectivity index (χ2n) is 5.17. The van der Waals surface area contributed by atoms with Crippen molar-refractivity contribution in [2.45, 2.75) is 32.2 Å². The van der Waals surface area contributed by atoms with Gasteiger partial charge in [-0.3, -0.25) is 4.90 Å². The molecular formula is C11H20N2O2. The van der Waals surface area contributed by atoms with E-state index in [1.807, 2.05) is 4.90 Å². The van der Waals surface area contributed by atoms with Crippen molar-refractivity contribution >= 4 is 6.09 Å². The molecule has 2 heterocycles. The number of carbonyl (C=O) groups excluding carboxylic acids is 1. The van der Waals surface area contributed by atoms with E-state index in [9.17, 15) is 4.79 Å². The second kappa shape index (κ2) is 4.00. The van der Waals surface area contributed by atoms with Crippen LogP contribution in [0.3, 0.4) is 0 Å². The van der Waals surface area contributed by atoms with Gasteiger partial charge in [0.1, 0.15) is 6.61 Å². The molecule has 0 radical (unpaired) electrons. The Labute approximate surface area is 91.0 Å². The molecule has 2 fully saturated rings. The van der Waals surface area contributed by atoms with E-state index in [1.54, 1.807) is 0 Å². The Morgan fingerprint density at radius 2 is 2.13 bits per heavy atom. The van der Waals surface area contributed by atoms with Crippen molar-refractivity contribution in [1.82, 2.24) is 10.2 Å². The number of nitrogens with zero attached hydrogens (tertiary/aromatic N) is 1. The highest BCUT2D eigenvalue weighted by Crippen LogP contribution is 2.26. The van der Waals surface area contributed by atoms with Crippen LogP contribution in [0.15, 0.2) is 0 Å². The Morgan fingerprint density at radius 3 is 2.67 bits per heavy atom. The third-order valence-electron chi connectivity index (χ3n) is 3.40. The molecule has 0 unspecified atom stereocenters. The zero-order valence-corrected chi connectivity index (χ0v) is 9.58. The van der Waals surface area contributed by atoms with Crippen molar-refractivity contribution in [3.63, 3.8) is 0 Å². The summed E-state index contributed by atoms with van der Waals surface area (Å²) in [6, 6.07) is 0. The number of piperidine rings is 1. The summed E-state index contributed by atoms with van der Waals surface area (Å²) in [6.45, 7) is 7.67. The summed E-state index contributed by atoms with van der Waals surface area (Å²) in [5.41, 5.74) is -0.123. The fourth-order valence-electron chi connectivity index (χ4n) is 2.29. The van der Waals surface area contributed by atoms with Crippen LogP contribution in [0, 0.1) is 5.92 Å². The summed E-state index contributed by atoms with van der Waals surface area (Å²) in [7, 11) is 0. The number of nitrogens with one attached hydrogen (secondary N) is 1. The Bertz CT molecular complexity index is 247. The molecule has 0 saturated carbocycles. The first-order valence-corrected chi connectivity index (χ1v) is 5.75. The first-order chi connectivity index (χ1) is 7.09. The number of hydrogen-bond donors (Lipinski definition) is 1. The molecular weight excluding hydrogens is 192 g/mol. The van der Waals surface area contributed by atoms with Gasteiger partial charge in [0.05, 0.1) is 5.54 Å². The largest absolute Gasteiger partial charge is 0.447 e. The summed E-state index contributed by atoms with van der Waals surface area (Å²) < 4.78 is 5.09. The van der Waals surface area contributed by atoms with Gasteiger partial charge in [0.15, 0.2) is 0 Å². The minimum atomic E-state index is -0.140. The van der Waals surface area contributed by atoms with Crippen molar-refractivity contribution in [3.8, 4) is 0 Å². The van der Waals surface area contributed by atoms with Crippen molar-refractivity contribution < 1.29 is 9.53 Å². The maximum Gasteiger partial charge on any atom is 0.410 e. The monoisotopic (exact) mass is 212 g/mol. The Kier molecular flexibility index (Phi) is 2.87. The van der Waals surface area contributed by atoms with Gasteiger partial charge in [-0.25, -0.2) is 4.79 Å². The fourth-order valence-corrected chi connectivity index (χ4v) is 2.29. The van der Waals surface area contributed by atoms with Gasteiger partial charge in [-0.15, -0.1) is 0 Å². The van der Waals surface area contributed by atoms with E-state index in [2.05, 4.69) is 19.2 Å². The van der Waals surface area contributed by atoms with Gasteiger partial charge >= 0.3 is 6.09 Å². The van der Waals surface area contributed by atoms with Crippen LogP contribution < -0.4 is 5.32 Å². The lowest BCUT2D eigenvalue weighted by Crippen LogP contribution is -2.46. The zero-order valence-electron chi connectivity index (χ0n) is 9.58. The van der Waals surface area contributed by atoms with E-state index in [0.717, 1.165) is 19.6 Å². The number of amides is 1. The van der Waals surface area contributed by atoms with Gasteiger partial charge in [-0.05, 0) is 45.7 Å². The zero-order chi connectivity index (χ0) is 10.9. The summed E-state index contributed by atoms with van der Waals surface area (Å²) in [5, 5.41) is 3.34. The van der Waals surface area contributed by atoms with Gasteiger partial charge in [-0.1, -0.05) is 0 Å². The SMILES string of the molecule is CC1(C)COC(=O)N1CC1CCNCC1. The van der Waals surface area contributed by atoms with Gasteiger partial charge in [0.25, 0.3) is 0 Å². The predicted octanol–water partition coefficient (Wildman–Crippen LogP) is 1.22. The van der Waals surface area contributed by atoms with E-state index in [-0.39, 0.29) is 11.6 Å². The molecule has 0 spiro atoms. The number of ether oxygens (including phenoxy) is 1. The molecule has 4 nitrogen and oxygen atoms in total. The maximum atomic E-state index is 11.6. The average molecular weight is 212 g/mol. The van der Waals surface area contributed by atoms with Gasteiger partial charge in [0, 0.05) is 6.54 Å². The molecule has 2 rings (SSSR count). The summed E-state index contributed by atoms with van der Waals surface area (Å²) in [6.07, 6.45) is 2.19. The highest BCUT2D eigenvalue weighted by molar-refractivity contribution is 5.70. The van der Waals surface area contributed by atoms with E-state index in [4.69, 9.17) is 4.74 Å². The molecule has 0 aliphatic carbocycles. The summed E-state index contributed by atoms with van der Waals surface area (Å²) in [4.78, 5) is 13.4. The third-order valence-corrected chi connectivity index (χ3v) is 3.40. The quantitative estimate of drug-likeness (QED) is 0.748. The normalized spacial score (nSPS) is 26.8. The molecule has 0 aromatic carbocycles. The van der Waals surface area contributed by atoms with E-state index in [0.29, 0.717) is 12.5 Å². The summed E-state index contributed by atoms with van der Waals surface area (Å²) >= 11 is 0. The lowest BCUT2D eigenvalue weighted by molar-refractivity contribution is 0.141. The molecule has 2 saturated heterocycles. The van der Waals surface area contributed by atoms with Crippen LogP contribution in [0.5, 0.6) is 0 Å². The molecule has 1 amide bonds. The summed E-state index contributed by atoms with van der Waals surface area (Å²) in [5.74, 6) is 0.635. The maximum absolute atomic E-state index is 11.6. The third kappa shape index (κ3) is 2.25. The van der Waals surface area contributed by atoms with Gasteiger partial charge in [-0.2, -0.15) is 0 Å². The van der Waals surface area contributed by atoms with Crippen LogP contribution in [-0.2, 0) is 4.74 Å². The highest BCUT2D eigenvalue weighted by atomic mass is 16.6. The minimum absolute atomic E-state index is 0.123. The van der Waals surface area contributed by atoms with Crippen molar-refractivity contribution in [2.24, 2.45) is 5.92 Å². The smallest absolute Gasteiger partial charge is 0.410 e. The van der Waals surface area contributed by atoms with Crippen LogP contribution in [0.2, 0.25) is 0 Å². The molecule has 1 N–H and O–H groups in total. The molecule has 0 bridgehead atoms. The first kappa shape index (κ1) is 10.7. The second-order valence-corrected chi connectivity index (χ2v) is 5.17. The Balaban J connectivity index is 1.94. The number of carbonyl (C=O) groups is 1. The van der Waals surface area contributed by atoms with Crippen LogP contribution in [-0.4, -0.2) is 42.8 Å². The van der Waals surface area contributed by atoms with Crippen molar-refractivity contribution in [1.29, 1.82) is 0 Å². The van der Waals surface area contributed by atoms with Crippen molar-refractivity contribution in [3.05, 3.63) is 0 Å². The van der Waals surface area contributed by atoms with Crippen LogP contribution in [0.1, 0.15) is 26.7 Å². The molecule has 15 heavy (non-hydrogen) atoms. The predicted molar refractivity (Wildman–Crippen MR) is 57.7 cm³/mol. The van der Waals surface area contributed by atoms with Crippen LogP contribution in [0.4, 0.5) is 4.79 Å². The number of cyclic esters (lactones) is 1. The van der Waals surface area contributed by atoms with E-state index in [1.165, 1.54) is 12.8 Å². The molecule has 2 aliphatic heterocycles. The van der Waals surface area contributed by atoms with Crippen molar-refractivity contribution in [2.75, 3.05) is 26.2 Å². The fraction of sp³-hybridized carbons (Fsp3) is 0.909. The average Bonchev–Trinajstić information content (AvgIpc) is 2.47. The van der Waals surface area contributed by atoms with Crippen LogP contribution >= 0.6 is 0 Å². The molecule has 2 aliphatic rings. The number of rotatable bonds is 2. The topological polar surface area (TPSA) is 41.6 Å². The standard InChI is InChI=1S/C11H20N2O2/c1-11(2)8-15-10(14)13(11)7-9-3-5-12-6-4-9/h9,12H,3-8H2,1-2H3. The number of hydrogen-bond acceptors (Lipinski definition) is 3. The first-order valence-electron chi connectivity index (χ1n) is 5.75. The minimum Gasteiger partial charge on any atom is -0.447 e. The van der Waals surface area contributed by atoms with Gasteiger partial charge in [0.2, 0.25) is 0 Å². The Morgan fingerprint density at radius 1 is 1.47 bits per heavy atom. The van der Waals surface area contributed by atoms with E-state index < -0.39 is 0 Å². The molecule has 86 valence electrons. The molecule has 0 aromatic heterocycles. The highest BCUT2D eigenvalue weighted by Gasteiger charge is 2.40. The molecule has 0 aromatic rings. The lowest BCUT2D eigenvalue weighted by atomic mass is 9.95. The van der Waals surface area contributed by atoms with E-state index >= 15 is 0 Å². The Hall–Kier alpha value is -0.770. The van der Waals surface area contributed by atoms with Crippen LogP contribution in [0.25, 0.3) is 0 Å². The molecule has 4 heteroatoms.